The second kappa shape index (κ2) is 8.53. The summed E-state index contributed by atoms with van der Waals surface area (Å²) in [5, 5.41) is 14.0. The lowest BCUT2D eigenvalue weighted by Crippen LogP contribution is -2.12. The minimum atomic E-state index is -0.773. The zero-order chi connectivity index (χ0) is 21.0. The van der Waals surface area contributed by atoms with Crippen LogP contribution in [0.15, 0.2) is 71.2 Å². The largest absolute Gasteiger partial charge is 0.450 e. The van der Waals surface area contributed by atoms with Crippen LogP contribution in [0.5, 0.6) is 11.5 Å². The lowest BCUT2D eigenvalue weighted by Gasteiger charge is -2.09. The first kappa shape index (κ1) is 20.0. The van der Waals surface area contributed by atoms with E-state index in [4.69, 9.17) is 10.5 Å². The minimum Gasteiger partial charge on any atom is -0.450 e. The molecule has 0 heterocycles. The number of primary amides is 1. The molecule has 0 aliphatic rings. The molecular weight excluding hydrogens is 442 g/mol. The van der Waals surface area contributed by atoms with Gasteiger partial charge in [0.2, 0.25) is 11.7 Å². The van der Waals surface area contributed by atoms with Crippen LogP contribution in [0.3, 0.4) is 0 Å². The molecule has 0 aliphatic heterocycles. The van der Waals surface area contributed by atoms with Gasteiger partial charge < -0.3 is 15.8 Å². The quantitative estimate of drug-likeness (QED) is 0.418. The fraction of sp³-hybridized carbons (Fsp3) is 0. The second-order valence-corrected chi connectivity index (χ2v) is 6.72. The molecule has 0 aliphatic carbocycles. The fourth-order valence-corrected chi connectivity index (χ4v) is 2.94. The van der Waals surface area contributed by atoms with Crippen LogP contribution in [0.4, 0.5) is 11.4 Å². The highest BCUT2D eigenvalue weighted by Crippen LogP contribution is 2.32. The Hall–Kier alpha value is -3.72. The summed E-state index contributed by atoms with van der Waals surface area (Å²) in [4.78, 5) is 34.1. The van der Waals surface area contributed by atoms with E-state index in [2.05, 4.69) is 21.2 Å². The van der Waals surface area contributed by atoms with E-state index in [9.17, 15) is 19.7 Å². The van der Waals surface area contributed by atoms with Crippen LogP contribution < -0.4 is 15.8 Å². The number of nitro groups is 1. The van der Waals surface area contributed by atoms with Crippen molar-refractivity contribution in [1.82, 2.24) is 0 Å². The number of nitrogens with zero attached hydrogens (tertiary/aromatic N) is 1. The van der Waals surface area contributed by atoms with Crippen molar-refractivity contribution in [3.8, 4) is 11.5 Å². The van der Waals surface area contributed by atoms with Crippen molar-refractivity contribution in [2.45, 2.75) is 0 Å². The molecule has 0 saturated heterocycles. The molecule has 3 rings (SSSR count). The van der Waals surface area contributed by atoms with Gasteiger partial charge in [0.25, 0.3) is 5.91 Å². The number of carbonyl (C=O) groups is 2. The number of benzene rings is 3. The van der Waals surface area contributed by atoms with Gasteiger partial charge in [0.15, 0.2) is 0 Å². The van der Waals surface area contributed by atoms with Gasteiger partial charge in [-0.05, 0) is 64.5 Å². The predicted molar refractivity (Wildman–Crippen MR) is 110 cm³/mol. The molecule has 2 amide bonds. The zero-order valence-electron chi connectivity index (χ0n) is 14.8. The highest BCUT2D eigenvalue weighted by Gasteiger charge is 2.18. The monoisotopic (exact) mass is 455 g/mol. The van der Waals surface area contributed by atoms with Crippen LogP contribution >= 0.6 is 15.9 Å². The normalized spacial score (nSPS) is 10.2. The molecule has 0 atom stereocenters. The van der Waals surface area contributed by atoms with Crippen molar-refractivity contribution in [2.24, 2.45) is 5.73 Å². The van der Waals surface area contributed by atoms with Gasteiger partial charge in [0.1, 0.15) is 5.75 Å². The van der Waals surface area contributed by atoms with E-state index in [0.29, 0.717) is 21.5 Å². The van der Waals surface area contributed by atoms with Gasteiger partial charge in [-0.2, -0.15) is 0 Å². The van der Waals surface area contributed by atoms with Crippen molar-refractivity contribution in [1.29, 1.82) is 0 Å². The third-order valence-corrected chi connectivity index (χ3v) is 4.59. The molecule has 3 N–H and O–H groups in total. The van der Waals surface area contributed by atoms with E-state index in [1.54, 1.807) is 42.5 Å². The van der Waals surface area contributed by atoms with E-state index in [1.807, 2.05) is 6.07 Å². The van der Waals surface area contributed by atoms with E-state index >= 15 is 0 Å². The Morgan fingerprint density at radius 2 is 1.72 bits per heavy atom. The van der Waals surface area contributed by atoms with Crippen LogP contribution in [0.1, 0.15) is 20.7 Å². The van der Waals surface area contributed by atoms with Crippen molar-refractivity contribution >= 4 is 39.1 Å². The third-order valence-electron chi connectivity index (χ3n) is 3.90. The van der Waals surface area contributed by atoms with Crippen molar-refractivity contribution < 1.29 is 19.2 Å². The number of hydrogen-bond donors (Lipinski definition) is 2. The Kier molecular flexibility index (Phi) is 5.89. The minimum absolute atomic E-state index is 0.00850. The van der Waals surface area contributed by atoms with E-state index in [1.165, 1.54) is 12.1 Å². The number of halogens is 1. The van der Waals surface area contributed by atoms with E-state index in [-0.39, 0.29) is 22.9 Å². The third kappa shape index (κ3) is 4.77. The van der Waals surface area contributed by atoms with Crippen LogP contribution in [-0.4, -0.2) is 16.7 Å². The summed E-state index contributed by atoms with van der Waals surface area (Å²) in [6.45, 7) is 0. The fourth-order valence-electron chi connectivity index (χ4n) is 2.48. The second-order valence-electron chi connectivity index (χ2n) is 5.86. The number of nitrogens with one attached hydrogen (secondary N) is 1. The van der Waals surface area contributed by atoms with Crippen LogP contribution in [0.25, 0.3) is 0 Å². The lowest BCUT2D eigenvalue weighted by molar-refractivity contribution is -0.385. The number of nitrogens with two attached hydrogens (primary N) is 1. The number of rotatable bonds is 6. The van der Waals surface area contributed by atoms with E-state index < -0.39 is 10.8 Å². The first-order valence-electron chi connectivity index (χ1n) is 8.27. The first-order chi connectivity index (χ1) is 13.8. The maximum atomic E-state index is 12.3. The van der Waals surface area contributed by atoms with Gasteiger partial charge >= 0.3 is 5.69 Å². The summed E-state index contributed by atoms with van der Waals surface area (Å²) < 4.78 is 6.23. The SMILES string of the molecule is NC(=O)c1ccc(Oc2ccc(NC(=O)c3ccccc3Br)cc2)c([N+](=O)[O-])c1. The standard InChI is InChI=1S/C20H14BrN3O5/c21-16-4-2-1-3-15(16)20(26)23-13-6-8-14(9-7-13)29-18-10-5-12(19(22)25)11-17(18)24(27)28/h1-11H,(H2,22,25)(H,23,26). The van der Waals surface area contributed by atoms with Crippen molar-refractivity contribution in [3.05, 3.63) is 92.4 Å². The molecule has 9 heteroatoms. The van der Waals surface area contributed by atoms with Gasteiger partial charge in [-0.15, -0.1) is 0 Å². The first-order valence-corrected chi connectivity index (χ1v) is 9.06. The van der Waals surface area contributed by atoms with Gasteiger partial charge in [-0.25, -0.2) is 0 Å². The average Bonchev–Trinajstić information content (AvgIpc) is 2.69. The van der Waals surface area contributed by atoms with Crippen molar-refractivity contribution in [2.75, 3.05) is 5.32 Å². The van der Waals surface area contributed by atoms with Crippen LogP contribution in [0, 0.1) is 10.1 Å². The summed E-state index contributed by atoms with van der Waals surface area (Å²) in [5.41, 5.74) is 5.79. The molecule has 0 unspecified atom stereocenters. The maximum absolute atomic E-state index is 12.3. The molecule has 0 radical (unpaired) electrons. The summed E-state index contributed by atoms with van der Waals surface area (Å²) in [5.74, 6) is -0.780. The maximum Gasteiger partial charge on any atom is 0.312 e. The Morgan fingerprint density at radius 1 is 1.03 bits per heavy atom. The number of carbonyl (C=O) groups excluding carboxylic acids is 2. The Labute approximate surface area is 173 Å². The molecule has 29 heavy (non-hydrogen) atoms. The number of anilines is 1. The summed E-state index contributed by atoms with van der Waals surface area (Å²) in [7, 11) is 0. The van der Waals surface area contributed by atoms with Gasteiger partial charge in [-0.1, -0.05) is 12.1 Å². The zero-order valence-corrected chi connectivity index (χ0v) is 16.4. The molecule has 146 valence electrons. The molecule has 3 aromatic carbocycles. The molecule has 0 saturated carbocycles. The topological polar surface area (TPSA) is 125 Å². The Balaban J connectivity index is 1.76. The Bertz CT molecular complexity index is 1100. The molecular formula is C20H14BrN3O5. The number of hydrogen-bond acceptors (Lipinski definition) is 5. The summed E-state index contributed by atoms with van der Waals surface area (Å²) in [6, 6.07) is 17.1. The highest BCUT2D eigenvalue weighted by atomic mass is 79.9. The van der Waals surface area contributed by atoms with Crippen LogP contribution in [-0.2, 0) is 0 Å². The molecule has 8 nitrogen and oxygen atoms in total. The number of ether oxygens (including phenoxy) is 1. The average molecular weight is 456 g/mol. The molecule has 0 fully saturated rings. The van der Waals surface area contributed by atoms with Crippen LogP contribution in [0.2, 0.25) is 0 Å². The smallest absolute Gasteiger partial charge is 0.312 e. The molecule has 0 spiro atoms. The van der Waals surface area contributed by atoms with Gasteiger partial charge in [-0.3, -0.25) is 19.7 Å². The summed E-state index contributed by atoms with van der Waals surface area (Å²) in [6.07, 6.45) is 0. The van der Waals surface area contributed by atoms with Gasteiger partial charge in [0.05, 0.1) is 10.5 Å². The number of nitro benzene ring substituents is 1. The Morgan fingerprint density at radius 3 is 2.34 bits per heavy atom. The molecule has 0 aromatic heterocycles. The molecule has 3 aromatic rings. The molecule has 0 bridgehead atoms. The predicted octanol–water partition coefficient (Wildman–Crippen LogP) is 4.50. The highest BCUT2D eigenvalue weighted by molar-refractivity contribution is 9.10. The summed E-state index contributed by atoms with van der Waals surface area (Å²) >= 11 is 3.33. The number of amides is 2. The van der Waals surface area contributed by atoms with Crippen molar-refractivity contribution in [3.63, 3.8) is 0 Å². The van der Waals surface area contributed by atoms with E-state index in [0.717, 1.165) is 6.07 Å². The lowest BCUT2D eigenvalue weighted by atomic mass is 10.2. The van der Waals surface area contributed by atoms with Gasteiger partial charge in [0, 0.05) is 21.8 Å².